The summed E-state index contributed by atoms with van der Waals surface area (Å²) in [7, 11) is -2.00. The topological polar surface area (TPSA) is 117 Å². The molecule has 1 aromatic carbocycles. The summed E-state index contributed by atoms with van der Waals surface area (Å²) in [5.41, 5.74) is 0.848. The fourth-order valence-corrected chi connectivity index (χ4v) is 3.10. The average Bonchev–Trinajstić information content (AvgIpc) is 2.60. The van der Waals surface area contributed by atoms with Crippen molar-refractivity contribution in [3.05, 3.63) is 42.1 Å². The predicted molar refractivity (Wildman–Crippen MR) is 104 cm³/mol. The van der Waals surface area contributed by atoms with Gasteiger partial charge in [-0.25, -0.2) is 13.4 Å². The van der Waals surface area contributed by atoms with Gasteiger partial charge in [0, 0.05) is 31.5 Å². The van der Waals surface area contributed by atoms with Gasteiger partial charge in [0.2, 0.25) is 5.91 Å². The van der Waals surface area contributed by atoms with Crippen molar-refractivity contribution in [2.45, 2.75) is 18.7 Å². The van der Waals surface area contributed by atoms with Crippen LogP contribution in [0.15, 0.2) is 41.4 Å². The number of hydrogen-bond donors (Lipinski definition) is 3. The number of hydrogen-bond acceptors (Lipinski definition) is 6. The molecule has 27 heavy (non-hydrogen) atoms. The van der Waals surface area contributed by atoms with Crippen LogP contribution in [0.5, 0.6) is 0 Å². The van der Waals surface area contributed by atoms with Crippen molar-refractivity contribution in [2.75, 3.05) is 23.9 Å². The van der Waals surface area contributed by atoms with Gasteiger partial charge in [0.05, 0.1) is 21.8 Å². The Morgan fingerprint density at radius 2 is 1.78 bits per heavy atom. The minimum absolute atomic E-state index is 0.0948. The molecule has 0 spiro atoms. The zero-order valence-corrected chi connectivity index (χ0v) is 16.3. The van der Waals surface area contributed by atoms with Crippen LogP contribution in [0.4, 0.5) is 17.2 Å². The van der Waals surface area contributed by atoms with Gasteiger partial charge in [0.25, 0.3) is 5.91 Å². The highest BCUT2D eigenvalue weighted by Crippen LogP contribution is 2.28. The normalized spacial score (nSPS) is 11.1. The third-order valence-electron chi connectivity index (χ3n) is 3.71. The van der Waals surface area contributed by atoms with Crippen molar-refractivity contribution < 1.29 is 18.0 Å². The first-order valence-electron chi connectivity index (χ1n) is 8.22. The highest BCUT2D eigenvalue weighted by molar-refractivity contribution is 7.90. The van der Waals surface area contributed by atoms with Crippen molar-refractivity contribution in [1.82, 2.24) is 10.3 Å². The Bertz CT molecular complexity index is 971. The van der Waals surface area contributed by atoms with Crippen LogP contribution in [0.2, 0.25) is 0 Å². The number of para-hydroxylation sites is 1. The number of rotatable bonds is 6. The van der Waals surface area contributed by atoms with Gasteiger partial charge >= 0.3 is 0 Å². The predicted octanol–water partition coefficient (Wildman–Crippen LogP) is 2.18. The van der Waals surface area contributed by atoms with E-state index in [2.05, 4.69) is 20.9 Å². The molecule has 0 saturated carbocycles. The van der Waals surface area contributed by atoms with Gasteiger partial charge in [-0.05, 0) is 12.1 Å². The Morgan fingerprint density at radius 1 is 1.11 bits per heavy atom. The van der Waals surface area contributed by atoms with E-state index in [4.69, 9.17) is 0 Å². The van der Waals surface area contributed by atoms with Crippen molar-refractivity contribution in [2.24, 2.45) is 5.92 Å². The number of carbonyl (C=O) groups is 2. The minimum atomic E-state index is -3.48. The van der Waals surface area contributed by atoms with Crippen LogP contribution in [0, 0.1) is 5.92 Å². The van der Waals surface area contributed by atoms with Crippen LogP contribution in [0.25, 0.3) is 0 Å². The van der Waals surface area contributed by atoms with Crippen molar-refractivity contribution in [3.8, 4) is 0 Å². The molecule has 0 saturated heterocycles. The fourth-order valence-electron chi connectivity index (χ4n) is 2.25. The second-order valence-corrected chi connectivity index (χ2v) is 8.22. The van der Waals surface area contributed by atoms with E-state index in [1.54, 1.807) is 32.0 Å². The maximum atomic E-state index is 12.2. The van der Waals surface area contributed by atoms with E-state index in [0.29, 0.717) is 11.4 Å². The second kappa shape index (κ2) is 8.17. The number of amides is 2. The zero-order chi connectivity index (χ0) is 20.2. The third kappa shape index (κ3) is 5.04. The Balaban J connectivity index is 2.50. The van der Waals surface area contributed by atoms with Gasteiger partial charge in [0.15, 0.2) is 9.84 Å². The standard InChI is InChI=1S/C18H22N4O4S/c1-11(2)17(23)22-16-9-14(12(10-20-16)18(24)19-3)21-13-7-5-6-8-15(13)27(4,25)26/h5-11H,1-4H3,(H,19,24)(H2,20,21,22,23). The van der Waals surface area contributed by atoms with Gasteiger partial charge in [-0.3, -0.25) is 9.59 Å². The minimum Gasteiger partial charge on any atom is -0.355 e. The number of aromatic nitrogens is 1. The van der Waals surface area contributed by atoms with Crippen LogP contribution in [0.3, 0.4) is 0 Å². The molecule has 0 aliphatic carbocycles. The summed E-state index contributed by atoms with van der Waals surface area (Å²) >= 11 is 0. The largest absolute Gasteiger partial charge is 0.355 e. The van der Waals surface area contributed by atoms with E-state index in [1.807, 2.05) is 0 Å². The molecule has 2 rings (SSSR count). The van der Waals surface area contributed by atoms with Crippen LogP contribution in [0.1, 0.15) is 24.2 Å². The first-order chi connectivity index (χ1) is 12.6. The van der Waals surface area contributed by atoms with Crippen LogP contribution in [-0.2, 0) is 14.6 Å². The Kier molecular flexibility index (Phi) is 6.17. The summed E-state index contributed by atoms with van der Waals surface area (Å²) in [6.45, 7) is 3.49. The summed E-state index contributed by atoms with van der Waals surface area (Å²) < 4.78 is 24.0. The summed E-state index contributed by atoms with van der Waals surface area (Å²) in [5.74, 6) is -0.616. The monoisotopic (exact) mass is 390 g/mol. The molecule has 0 unspecified atom stereocenters. The Hall–Kier alpha value is -2.94. The molecule has 0 aliphatic heterocycles. The number of nitrogens with zero attached hydrogens (tertiary/aromatic N) is 1. The molecule has 1 aromatic heterocycles. The van der Waals surface area contributed by atoms with Crippen molar-refractivity contribution in [1.29, 1.82) is 0 Å². The number of anilines is 3. The molecule has 0 radical (unpaired) electrons. The molecular formula is C18H22N4O4S. The van der Waals surface area contributed by atoms with Gasteiger partial charge in [-0.2, -0.15) is 0 Å². The summed E-state index contributed by atoms with van der Waals surface area (Å²) in [5, 5.41) is 8.14. The first-order valence-corrected chi connectivity index (χ1v) is 10.1. The van der Waals surface area contributed by atoms with E-state index in [9.17, 15) is 18.0 Å². The number of carbonyl (C=O) groups excluding carboxylic acids is 2. The Labute approximate surface area is 158 Å². The van der Waals surface area contributed by atoms with Crippen LogP contribution in [-0.4, -0.2) is 38.5 Å². The van der Waals surface area contributed by atoms with Crippen molar-refractivity contribution >= 4 is 38.8 Å². The first kappa shape index (κ1) is 20.4. The zero-order valence-electron chi connectivity index (χ0n) is 15.5. The maximum Gasteiger partial charge on any atom is 0.254 e. The SMILES string of the molecule is CNC(=O)c1cnc(NC(=O)C(C)C)cc1Nc1ccccc1S(C)(=O)=O. The smallest absolute Gasteiger partial charge is 0.254 e. The van der Waals surface area contributed by atoms with Crippen LogP contribution >= 0.6 is 0 Å². The molecule has 144 valence electrons. The molecule has 2 amide bonds. The quantitative estimate of drug-likeness (QED) is 0.696. The Morgan fingerprint density at radius 3 is 2.37 bits per heavy atom. The van der Waals surface area contributed by atoms with Gasteiger partial charge in [0.1, 0.15) is 5.82 Å². The molecule has 0 aliphatic rings. The molecule has 3 N–H and O–H groups in total. The summed E-state index contributed by atoms with van der Waals surface area (Å²) in [6.07, 6.45) is 2.42. The summed E-state index contributed by atoms with van der Waals surface area (Å²) in [6, 6.07) is 7.85. The fraction of sp³-hybridized carbons (Fsp3) is 0.278. The molecule has 0 bridgehead atoms. The van der Waals surface area contributed by atoms with E-state index < -0.39 is 15.7 Å². The molecule has 8 nitrogen and oxygen atoms in total. The van der Waals surface area contributed by atoms with E-state index in [0.717, 1.165) is 6.26 Å². The maximum absolute atomic E-state index is 12.2. The third-order valence-corrected chi connectivity index (χ3v) is 4.86. The molecule has 0 fully saturated rings. The lowest BCUT2D eigenvalue weighted by Crippen LogP contribution is -2.21. The van der Waals surface area contributed by atoms with Gasteiger partial charge in [-0.15, -0.1) is 0 Å². The number of pyridine rings is 1. The molecule has 9 heteroatoms. The molecular weight excluding hydrogens is 368 g/mol. The average molecular weight is 390 g/mol. The number of benzene rings is 1. The molecule has 0 atom stereocenters. The van der Waals surface area contributed by atoms with Crippen molar-refractivity contribution in [3.63, 3.8) is 0 Å². The van der Waals surface area contributed by atoms with Gasteiger partial charge in [-0.1, -0.05) is 26.0 Å². The summed E-state index contributed by atoms with van der Waals surface area (Å²) in [4.78, 5) is 28.3. The lowest BCUT2D eigenvalue weighted by atomic mass is 10.2. The second-order valence-electron chi connectivity index (χ2n) is 6.23. The van der Waals surface area contributed by atoms with Crippen LogP contribution < -0.4 is 16.0 Å². The van der Waals surface area contributed by atoms with E-state index in [-0.39, 0.29) is 28.1 Å². The highest BCUT2D eigenvalue weighted by Gasteiger charge is 2.18. The number of sulfone groups is 1. The van der Waals surface area contributed by atoms with E-state index in [1.165, 1.54) is 25.4 Å². The lowest BCUT2D eigenvalue weighted by Gasteiger charge is -2.15. The van der Waals surface area contributed by atoms with Gasteiger partial charge < -0.3 is 16.0 Å². The number of nitrogens with one attached hydrogen (secondary N) is 3. The highest BCUT2D eigenvalue weighted by atomic mass is 32.2. The van der Waals surface area contributed by atoms with E-state index >= 15 is 0 Å². The molecule has 2 aromatic rings. The lowest BCUT2D eigenvalue weighted by molar-refractivity contribution is -0.118. The molecule has 1 heterocycles.